The maximum Gasteiger partial charge on any atom is 0.275 e. The fraction of sp³-hybridized carbons (Fsp3) is 0.188. The maximum atomic E-state index is 12.1. The van der Waals surface area contributed by atoms with Crippen molar-refractivity contribution in [3.63, 3.8) is 0 Å². The maximum absolute atomic E-state index is 12.1. The van der Waals surface area contributed by atoms with Gasteiger partial charge in [-0.2, -0.15) is 0 Å². The molecule has 6 nitrogen and oxygen atoms in total. The van der Waals surface area contributed by atoms with Crippen molar-refractivity contribution in [3.05, 3.63) is 58.6 Å². The molecule has 0 fully saturated rings. The summed E-state index contributed by atoms with van der Waals surface area (Å²) in [5, 5.41) is 0. The zero-order valence-electron chi connectivity index (χ0n) is 13.1. The number of rotatable bonds is 6. The normalized spacial score (nSPS) is 12.5. The summed E-state index contributed by atoms with van der Waals surface area (Å²) in [5.41, 5.74) is 3.10. The van der Waals surface area contributed by atoms with Gasteiger partial charge in [-0.15, -0.1) is 4.83 Å². The monoisotopic (exact) mass is 412 g/mol. The summed E-state index contributed by atoms with van der Waals surface area (Å²) in [6.45, 7) is 3.38. The van der Waals surface area contributed by atoms with Gasteiger partial charge in [-0.05, 0) is 44.2 Å². The standard InChI is InChI=1S/C16H17BrN2O4S/c1-11-6-8-15(9-7-11)24(21,22)19-18-16(20)12(2)23-14-5-3-4-13(17)10-14/h3-10,12,19H,1-2H3,(H,18,20)/t12-/m0/s1. The average Bonchev–Trinajstić information content (AvgIpc) is 2.53. The molecule has 0 aliphatic rings. The lowest BCUT2D eigenvalue weighted by Gasteiger charge is -2.15. The van der Waals surface area contributed by atoms with Crippen LogP contribution in [-0.4, -0.2) is 20.4 Å². The highest BCUT2D eigenvalue weighted by atomic mass is 79.9. The van der Waals surface area contributed by atoms with Gasteiger partial charge in [0.25, 0.3) is 15.9 Å². The third kappa shape index (κ3) is 5.05. The third-order valence-electron chi connectivity index (χ3n) is 3.12. The van der Waals surface area contributed by atoms with Gasteiger partial charge in [0.1, 0.15) is 5.75 Å². The van der Waals surface area contributed by atoms with Gasteiger partial charge in [0.05, 0.1) is 4.90 Å². The van der Waals surface area contributed by atoms with Crippen molar-refractivity contribution in [2.45, 2.75) is 24.8 Å². The van der Waals surface area contributed by atoms with E-state index in [1.54, 1.807) is 30.3 Å². The van der Waals surface area contributed by atoms with Crippen LogP contribution in [-0.2, 0) is 14.8 Å². The number of halogens is 1. The van der Waals surface area contributed by atoms with Gasteiger partial charge < -0.3 is 4.74 Å². The van der Waals surface area contributed by atoms with Crippen LogP contribution in [0.1, 0.15) is 12.5 Å². The van der Waals surface area contributed by atoms with Crippen LogP contribution in [0.15, 0.2) is 57.9 Å². The van der Waals surface area contributed by atoms with Gasteiger partial charge >= 0.3 is 0 Å². The Labute approximate surface area is 149 Å². The Morgan fingerprint density at radius 1 is 1.17 bits per heavy atom. The second-order valence-electron chi connectivity index (χ2n) is 5.13. The molecule has 0 aromatic heterocycles. The van der Waals surface area contributed by atoms with E-state index in [9.17, 15) is 13.2 Å². The predicted octanol–water partition coefficient (Wildman–Crippen LogP) is 2.53. The van der Waals surface area contributed by atoms with Crippen LogP contribution in [0.3, 0.4) is 0 Å². The SMILES string of the molecule is Cc1ccc(S(=O)(=O)NNC(=O)[C@H](C)Oc2cccc(Br)c2)cc1. The minimum absolute atomic E-state index is 0.0639. The first kappa shape index (κ1) is 18.4. The second kappa shape index (κ2) is 7.78. The second-order valence-corrected chi connectivity index (χ2v) is 7.72. The van der Waals surface area contributed by atoms with Crippen molar-refractivity contribution in [2.24, 2.45) is 0 Å². The van der Waals surface area contributed by atoms with Crippen LogP contribution in [0.25, 0.3) is 0 Å². The fourth-order valence-corrected chi connectivity index (χ4v) is 3.02. The first-order valence-electron chi connectivity index (χ1n) is 7.08. The lowest BCUT2D eigenvalue weighted by Crippen LogP contribution is -2.47. The molecule has 24 heavy (non-hydrogen) atoms. The summed E-state index contributed by atoms with van der Waals surface area (Å²) in [6, 6.07) is 13.3. The molecular weight excluding hydrogens is 396 g/mol. The van der Waals surface area contributed by atoms with Gasteiger partial charge in [0.15, 0.2) is 6.10 Å². The van der Waals surface area contributed by atoms with Gasteiger partial charge in [-0.25, -0.2) is 8.42 Å². The number of hydrazine groups is 1. The highest BCUT2D eigenvalue weighted by Crippen LogP contribution is 2.18. The number of hydrogen-bond donors (Lipinski definition) is 2. The lowest BCUT2D eigenvalue weighted by molar-refractivity contribution is -0.127. The lowest BCUT2D eigenvalue weighted by atomic mass is 10.2. The van der Waals surface area contributed by atoms with E-state index in [-0.39, 0.29) is 4.90 Å². The molecule has 0 aliphatic carbocycles. The molecule has 128 valence electrons. The quantitative estimate of drug-likeness (QED) is 0.713. The van der Waals surface area contributed by atoms with E-state index in [0.29, 0.717) is 5.75 Å². The molecule has 1 amide bonds. The molecule has 0 spiro atoms. The zero-order chi connectivity index (χ0) is 17.7. The number of hydrogen-bond acceptors (Lipinski definition) is 4. The summed E-state index contributed by atoms with van der Waals surface area (Å²) in [5.74, 6) is -0.112. The molecule has 1 atom stereocenters. The van der Waals surface area contributed by atoms with Gasteiger partial charge in [0.2, 0.25) is 0 Å². The number of ether oxygens (including phenoxy) is 1. The van der Waals surface area contributed by atoms with E-state index < -0.39 is 22.0 Å². The molecule has 2 N–H and O–H groups in total. The Hall–Kier alpha value is -1.90. The molecule has 8 heteroatoms. The zero-order valence-corrected chi connectivity index (χ0v) is 15.5. The van der Waals surface area contributed by atoms with Gasteiger partial charge in [-0.1, -0.05) is 39.7 Å². The Morgan fingerprint density at radius 2 is 1.83 bits per heavy atom. The molecule has 2 aromatic carbocycles. The molecule has 0 radical (unpaired) electrons. The van der Waals surface area contributed by atoms with E-state index in [0.717, 1.165) is 10.0 Å². The number of sulfonamides is 1. The summed E-state index contributed by atoms with van der Waals surface area (Å²) >= 11 is 3.30. The van der Waals surface area contributed by atoms with Crippen LogP contribution in [0.4, 0.5) is 0 Å². The summed E-state index contributed by atoms with van der Waals surface area (Å²) in [6.07, 6.45) is -0.875. The molecule has 0 bridgehead atoms. The molecule has 0 heterocycles. The minimum Gasteiger partial charge on any atom is -0.481 e. The molecule has 0 aliphatic heterocycles. The van der Waals surface area contributed by atoms with Crippen LogP contribution in [0.2, 0.25) is 0 Å². The molecular formula is C16H17BrN2O4S. The minimum atomic E-state index is -3.83. The Kier molecular flexibility index (Phi) is 5.98. The number of carbonyl (C=O) groups is 1. The number of carbonyl (C=O) groups excluding carboxylic acids is 1. The molecule has 0 saturated heterocycles. The topological polar surface area (TPSA) is 84.5 Å². The van der Waals surface area contributed by atoms with Gasteiger partial charge in [-0.3, -0.25) is 10.2 Å². The van der Waals surface area contributed by atoms with Crippen molar-refractivity contribution in [2.75, 3.05) is 0 Å². The highest BCUT2D eigenvalue weighted by Gasteiger charge is 2.19. The predicted molar refractivity (Wildman–Crippen MR) is 93.9 cm³/mol. The summed E-state index contributed by atoms with van der Waals surface area (Å²) in [4.78, 5) is 14.1. The van der Waals surface area contributed by atoms with Crippen molar-refractivity contribution in [1.29, 1.82) is 0 Å². The summed E-state index contributed by atoms with van der Waals surface area (Å²) in [7, 11) is -3.83. The van der Waals surface area contributed by atoms with E-state index in [1.807, 2.05) is 13.0 Å². The Bertz CT molecular complexity index is 822. The van der Waals surface area contributed by atoms with Crippen molar-refractivity contribution in [1.82, 2.24) is 10.3 Å². The highest BCUT2D eigenvalue weighted by molar-refractivity contribution is 9.10. The third-order valence-corrected chi connectivity index (χ3v) is 4.87. The molecule has 2 aromatic rings. The Morgan fingerprint density at radius 3 is 2.46 bits per heavy atom. The van der Waals surface area contributed by atoms with Crippen LogP contribution in [0, 0.1) is 6.92 Å². The molecule has 0 saturated carbocycles. The molecule has 2 rings (SSSR count). The smallest absolute Gasteiger partial charge is 0.275 e. The van der Waals surface area contributed by atoms with Crippen LogP contribution >= 0.6 is 15.9 Å². The van der Waals surface area contributed by atoms with Crippen LogP contribution < -0.4 is 15.0 Å². The van der Waals surface area contributed by atoms with Crippen molar-refractivity contribution < 1.29 is 17.9 Å². The average molecular weight is 413 g/mol. The van der Waals surface area contributed by atoms with E-state index in [4.69, 9.17) is 4.74 Å². The van der Waals surface area contributed by atoms with E-state index in [1.165, 1.54) is 19.1 Å². The van der Waals surface area contributed by atoms with Crippen molar-refractivity contribution in [3.8, 4) is 5.75 Å². The number of nitrogens with one attached hydrogen (secondary N) is 2. The Balaban J connectivity index is 1.95. The number of benzene rings is 2. The molecule has 0 unspecified atom stereocenters. The number of aryl methyl sites for hydroxylation is 1. The van der Waals surface area contributed by atoms with Crippen LogP contribution in [0.5, 0.6) is 5.75 Å². The van der Waals surface area contributed by atoms with Crippen molar-refractivity contribution >= 4 is 31.9 Å². The van der Waals surface area contributed by atoms with Gasteiger partial charge in [0, 0.05) is 4.47 Å². The van der Waals surface area contributed by atoms with E-state index >= 15 is 0 Å². The summed E-state index contributed by atoms with van der Waals surface area (Å²) < 4.78 is 30.5. The number of amides is 1. The van der Waals surface area contributed by atoms with E-state index in [2.05, 4.69) is 26.2 Å². The first-order valence-corrected chi connectivity index (χ1v) is 9.36. The first-order chi connectivity index (χ1) is 11.3. The largest absolute Gasteiger partial charge is 0.481 e. The fourth-order valence-electron chi connectivity index (χ4n) is 1.79.